The van der Waals surface area contributed by atoms with Gasteiger partial charge in [0.2, 0.25) is 0 Å². The highest BCUT2D eigenvalue weighted by atomic mass is 32.2. The molecule has 4 rings (SSSR count). The van der Waals surface area contributed by atoms with Crippen LogP contribution in [0.15, 0.2) is 46.2 Å². The first-order valence-electron chi connectivity index (χ1n) is 8.60. The third-order valence-electron chi connectivity index (χ3n) is 5.18. The Balaban J connectivity index is 1.78. The molecule has 0 aromatic heterocycles. The molecule has 0 spiro atoms. The predicted molar refractivity (Wildman–Crippen MR) is 97.2 cm³/mol. The summed E-state index contributed by atoms with van der Waals surface area (Å²) in [5, 5.41) is 0. The van der Waals surface area contributed by atoms with Crippen LogP contribution in [-0.4, -0.2) is 43.0 Å². The first-order valence-corrected chi connectivity index (χ1v) is 9.42. The minimum atomic E-state index is -0.0925. The van der Waals surface area contributed by atoms with Gasteiger partial charge in [-0.15, -0.1) is 0 Å². The van der Waals surface area contributed by atoms with Crippen molar-refractivity contribution in [2.24, 2.45) is 0 Å². The quantitative estimate of drug-likeness (QED) is 0.769. The second kappa shape index (κ2) is 6.51. The van der Waals surface area contributed by atoms with Crippen molar-refractivity contribution in [2.75, 3.05) is 33.2 Å². The number of halogens is 1. The fourth-order valence-electron chi connectivity index (χ4n) is 3.75. The maximum Gasteiger partial charge on any atom is 0.137 e. The topological polar surface area (TPSA) is 6.48 Å². The van der Waals surface area contributed by atoms with Crippen molar-refractivity contribution in [3.8, 4) is 0 Å². The first kappa shape index (κ1) is 16.1. The van der Waals surface area contributed by atoms with Crippen molar-refractivity contribution in [1.29, 1.82) is 0 Å². The van der Waals surface area contributed by atoms with Crippen LogP contribution >= 0.6 is 11.8 Å². The van der Waals surface area contributed by atoms with Crippen molar-refractivity contribution >= 4 is 11.8 Å². The molecular weight excluding hydrogens is 319 g/mol. The van der Waals surface area contributed by atoms with E-state index in [0.29, 0.717) is 0 Å². The van der Waals surface area contributed by atoms with Gasteiger partial charge in [0.15, 0.2) is 0 Å². The van der Waals surface area contributed by atoms with Crippen molar-refractivity contribution in [3.05, 3.63) is 58.9 Å². The summed E-state index contributed by atoms with van der Waals surface area (Å²) in [5.74, 6) is -0.0925. The Labute approximate surface area is 147 Å². The van der Waals surface area contributed by atoms with Crippen LogP contribution in [0.4, 0.5) is 4.39 Å². The largest absolute Gasteiger partial charge is 0.304 e. The van der Waals surface area contributed by atoms with Crippen molar-refractivity contribution < 1.29 is 4.39 Å². The molecule has 4 heteroatoms. The van der Waals surface area contributed by atoms with E-state index in [1.54, 1.807) is 17.8 Å². The second-order valence-electron chi connectivity index (χ2n) is 6.93. The number of hydrogen-bond acceptors (Lipinski definition) is 3. The maximum absolute atomic E-state index is 14.6. The van der Waals surface area contributed by atoms with Gasteiger partial charge < -0.3 is 4.90 Å². The number of aryl methyl sites for hydroxylation is 1. The van der Waals surface area contributed by atoms with Gasteiger partial charge in [-0.1, -0.05) is 41.6 Å². The van der Waals surface area contributed by atoms with Crippen LogP contribution in [0.2, 0.25) is 0 Å². The highest BCUT2D eigenvalue weighted by molar-refractivity contribution is 7.99. The van der Waals surface area contributed by atoms with Crippen LogP contribution in [0.1, 0.15) is 22.7 Å². The predicted octanol–water partition coefficient (Wildman–Crippen LogP) is 4.13. The number of piperazine rings is 1. The summed E-state index contributed by atoms with van der Waals surface area (Å²) in [6.45, 7) is 6.38. The van der Waals surface area contributed by atoms with Gasteiger partial charge >= 0.3 is 0 Å². The van der Waals surface area contributed by atoms with Gasteiger partial charge in [-0.05, 0) is 43.7 Å². The summed E-state index contributed by atoms with van der Waals surface area (Å²) < 4.78 is 14.6. The number of fused-ring (bicyclic) bond motifs is 2. The smallest absolute Gasteiger partial charge is 0.137 e. The summed E-state index contributed by atoms with van der Waals surface area (Å²) >= 11 is 1.59. The Morgan fingerprint density at radius 2 is 1.88 bits per heavy atom. The van der Waals surface area contributed by atoms with E-state index in [2.05, 4.69) is 48.0 Å². The summed E-state index contributed by atoms with van der Waals surface area (Å²) in [5.41, 5.74) is 3.77. The minimum absolute atomic E-state index is 0.0925. The summed E-state index contributed by atoms with van der Waals surface area (Å²) in [6.07, 6.45) is 0.962. The van der Waals surface area contributed by atoms with E-state index in [1.807, 2.05) is 6.07 Å². The molecule has 1 fully saturated rings. The normalized spacial score (nSPS) is 21.9. The van der Waals surface area contributed by atoms with Gasteiger partial charge in [0.1, 0.15) is 5.82 Å². The number of rotatable bonds is 1. The zero-order valence-electron chi connectivity index (χ0n) is 14.3. The molecule has 2 aromatic rings. The number of likely N-dealkylation sites (N-methyl/N-ethyl adjacent to an activating group) is 1. The molecule has 0 saturated carbocycles. The van der Waals surface area contributed by atoms with E-state index in [4.69, 9.17) is 0 Å². The highest BCUT2D eigenvalue weighted by Crippen LogP contribution is 2.44. The molecule has 1 saturated heterocycles. The van der Waals surface area contributed by atoms with Crippen LogP contribution in [0, 0.1) is 12.7 Å². The molecule has 126 valence electrons. The Morgan fingerprint density at radius 3 is 2.67 bits per heavy atom. The van der Waals surface area contributed by atoms with E-state index >= 15 is 0 Å². The van der Waals surface area contributed by atoms with Gasteiger partial charge in [0.05, 0.1) is 4.90 Å². The maximum atomic E-state index is 14.6. The fourth-order valence-corrected chi connectivity index (χ4v) is 4.87. The molecule has 0 radical (unpaired) electrons. The summed E-state index contributed by atoms with van der Waals surface area (Å²) in [7, 11) is 2.17. The van der Waals surface area contributed by atoms with Crippen molar-refractivity contribution in [2.45, 2.75) is 29.2 Å². The lowest BCUT2D eigenvalue weighted by Gasteiger charge is -2.38. The van der Waals surface area contributed by atoms with Crippen LogP contribution in [0.3, 0.4) is 0 Å². The number of nitrogens with zero attached hydrogens (tertiary/aromatic N) is 2. The molecule has 2 aliphatic rings. The lowest BCUT2D eigenvalue weighted by Crippen LogP contribution is -2.46. The first-order chi connectivity index (χ1) is 11.6. The summed E-state index contributed by atoms with van der Waals surface area (Å²) in [6, 6.07) is 12.4. The molecule has 1 unspecified atom stereocenters. The molecular formula is C20H23FN2S. The summed E-state index contributed by atoms with van der Waals surface area (Å²) in [4.78, 5) is 6.91. The molecule has 0 aliphatic carbocycles. The van der Waals surface area contributed by atoms with Gasteiger partial charge in [-0.25, -0.2) is 4.39 Å². The molecule has 2 nitrogen and oxygen atoms in total. The average Bonchev–Trinajstić information content (AvgIpc) is 2.73. The van der Waals surface area contributed by atoms with Gasteiger partial charge in [0, 0.05) is 37.1 Å². The minimum Gasteiger partial charge on any atom is -0.304 e. The van der Waals surface area contributed by atoms with Crippen LogP contribution in [0.25, 0.3) is 0 Å². The van der Waals surface area contributed by atoms with E-state index in [0.717, 1.165) is 43.1 Å². The van der Waals surface area contributed by atoms with E-state index < -0.39 is 0 Å². The van der Waals surface area contributed by atoms with E-state index in [-0.39, 0.29) is 11.9 Å². The molecule has 2 aromatic carbocycles. The lowest BCUT2D eigenvalue weighted by atomic mass is 9.96. The Hall–Kier alpha value is -1.36. The fraction of sp³-hybridized carbons (Fsp3) is 0.400. The van der Waals surface area contributed by atoms with Crippen LogP contribution < -0.4 is 0 Å². The molecule has 2 aliphatic heterocycles. The van der Waals surface area contributed by atoms with Gasteiger partial charge in [-0.2, -0.15) is 0 Å². The molecule has 0 amide bonds. The standard InChI is InChI=1S/C20H23FN2S/c1-14-6-7-19-15(12-14)13-18(23-10-8-22(2)9-11-23)16-4-3-5-17(21)20(16)24-19/h3-7,12,18H,8-11,13H2,1-2H3. The van der Waals surface area contributed by atoms with Crippen molar-refractivity contribution in [1.82, 2.24) is 9.80 Å². The van der Waals surface area contributed by atoms with Crippen LogP contribution in [-0.2, 0) is 6.42 Å². The Bertz CT molecular complexity index is 753. The monoisotopic (exact) mass is 342 g/mol. The third kappa shape index (κ3) is 2.99. The van der Waals surface area contributed by atoms with Crippen LogP contribution in [0.5, 0.6) is 0 Å². The second-order valence-corrected chi connectivity index (χ2v) is 7.98. The Morgan fingerprint density at radius 1 is 1.08 bits per heavy atom. The number of benzene rings is 2. The molecule has 0 bridgehead atoms. The van der Waals surface area contributed by atoms with Gasteiger partial charge in [-0.3, -0.25) is 4.90 Å². The molecule has 0 N–H and O–H groups in total. The Kier molecular flexibility index (Phi) is 4.37. The zero-order valence-corrected chi connectivity index (χ0v) is 15.1. The SMILES string of the molecule is Cc1ccc2c(c1)CC(N1CCN(C)CC1)c1cccc(F)c1S2. The zero-order chi connectivity index (χ0) is 16.7. The molecule has 1 atom stereocenters. The number of hydrogen-bond donors (Lipinski definition) is 0. The van der Waals surface area contributed by atoms with Gasteiger partial charge in [0.25, 0.3) is 0 Å². The van der Waals surface area contributed by atoms with Crippen molar-refractivity contribution in [3.63, 3.8) is 0 Å². The lowest BCUT2D eigenvalue weighted by molar-refractivity contribution is 0.109. The highest BCUT2D eigenvalue weighted by Gasteiger charge is 2.30. The molecule has 24 heavy (non-hydrogen) atoms. The third-order valence-corrected chi connectivity index (χ3v) is 6.43. The van der Waals surface area contributed by atoms with E-state index in [1.165, 1.54) is 16.0 Å². The van der Waals surface area contributed by atoms with E-state index in [9.17, 15) is 4.39 Å². The average molecular weight is 342 g/mol. The molecule has 2 heterocycles.